The van der Waals surface area contributed by atoms with Crippen LogP contribution in [0.1, 0.15) is 63.1 Å². The molecule has 0 aliphatic heterocycles. The van der Waals surface area contributed by atoms with E-state index >= 15 is 0 Å². The van der Waals surface area contributed by atoms with E-state index in [0.717, 1.165) is 5.56 Å². The molecule has 0 bridgehead atoms. The Bertz CT molecular complexity index is 561. The first-order valence-electron chi connectivity index (χ1n) is 7.66. The van der Waals surface area contributed by atoms with Crippen molar-refractivity contribution >= 4 is 17.0 Å². The summed E-state index contributed by atoms with van der Waals surface area (Å²) in [6, 6.07) is 7.93. The predicted molar refractivity (Wildman–Crippen MR) is 88.8 cm³/mol. The predicted octanol–water partition coefficient (Wildman–Crippen LogP) is 3.22. The van der Waals surface area contributed by atoms with Crippen molar-refractivity contribution in [2.24, 2.45) is 0 Å². The third kappa shape index (κ3) is 4.65. The molecule has 4 nitrogen and oxygen atoms in total. The molecule has 0 heterocycles. The van der Waals surface area contributed by atoms with E-state index in [-0.39, 0.29) is 23.2 Å². The van der Waals surface area contributed by atoms with E-state index in [1.54, 1.807) is 0 Å². The maximum absolute atomic E-state index is 12.4. The van der Waals surface area contributed by atoms with Crippen molar-refractivity contribution in [2.75, 3.05) is 7.11 Å². The van der Waals surface area contributed by atoms with Crippen molar-refractivity contribution in [2.45, 2.75) is 56.7 Å². The number of hydrogen-bond donors (Lipinski definition) is 1. The normalized spacial score (nSPS) is 17.8. The van der Waals surface area contributed by atoms with Crippen molar-refractivity contribution in [3.63, 3.8) is 0 Å². The summed E-state index contributed by atoms with van der Waals surface area (Å²) in [7, 11) is 0.130. The van der Waals surface area contributed by atoms with Gasteiger partial charge < -0.3 is 4.74 Å². The number of rotatable bonds is 6. The van der Waals surface area contributed by atoms with Crippen LogP contribution in [0.2, 0.25) is 0 Å². The molecule has 122 valence electrons. The molecule has 2 atom stereocenters. The molecule has 1 aliphatic carbocycles. The maximum atomic E-state index is 12.4. The number of esters is 1. The topological polar surface area (TPSA) is 55.4 Å². The molecule has 1 aromatic carbocycles. The molecule has 5 heteroatoms. The lowest BCUT2D eigenvalue weighted by Gasteiger charge is -2.24. The molecule has 22 heavy (non-hydrogen) atoms. The third-order valence-corrected chi connectivity index (χ3v) is 5.38. The second kappa shape index (κ2) is 6.92. The molecule has 1 unspecified atom stereocenters. The smallest absolute Gasteiger partial charge is 0.307 e. The Balaban J connectivity index is 2.21. The van der Waals surface area contributed by atoms with Gasteiger partial charge >= 0.3 is 5.97 Å². The van der Waals surface area contributed by atoms with Crippen LogP contribution in [0.3, 0.4) is 0 Å². The van der Waals surface area contributed by atoms with Gasteiger partial charge in [-0.25, -0.2) is 8.93 Å². The standard InChI is InChI=1S/C17H25NO3S/c1-17(2,3)22(20)18-15(11-16(19)21-4)14-7-5-6-13(10-14)12-8-9-12/h5-7,10,12,15,18H,8-9,11H2,1-4H3/t15-,22?/m0/s1. The fraction of sp³-hybridized carbons (Fsp3) is 0.588. The first-order chi connectivity index (χ1) is 10.3. The third-order valence-electron chi connectivity index (χ3n) is 3.77. The Morgan fingerprint density at radius 3 is 2.64 bits per heavy atom. The Hall–Kier alpha value is -1.20. The molecular weight excluding hydrogens is 298 g/mol. The molecule has 2 rings (SSSR count). The molecule has 0 radical (unpaired) electrons. The summed E-state index contributed by atoms with van der Waals surface area (Å²) >= 11 is 0. The summed E-state index contributed by atoms with van der Waals surface area (Å²) in [5.74, 6) is 0.340. The van der Waals surface area contributed by atoms with E-state index in [1.165, 1.54) is 25.5 Å². The van der Waals surface area contributed by atoms with E-state index in [4.69, 9.17) is 4.74 Å². The van der Waals surface area contributed by atoms with Gasteiger partial charge in [-0.3, -0.25) is 4.79 Å². The first-order valence-corrected chi connectivity index (χ1v) is 8.81. The fourth-order valence-electron chi connectivity index (χ4n) is 2.23. The minimum absolute atomic E-state index is 0.173. The summed E-state index contributed by atoms with van der Waals surface area (Å²) in [6.45, 7) is 5.73. The van der Waals surface area contributed by atoms with Gasteiger partial charge in [-0.1, -0.05) is 24.3 Å². The highest BCUT2D eigenvalue weighted by Crippen LogP contribution is 2.40. The number of carbonyl (C=O) groups excluding carboxylic acids is 1. The van der Waals surface area contributed by atoms with Crippen LogP contribution >= 0.6 is 0 Å². The van der Waals surface area contributed by atoms with Crippen LogP contribution in [0.5, 0.6) is 0 Å². The van der Waals surface area contributed by atoms with Crippen LogP contribution in [-0.4, -0.2) is 22.0 Å². The SMILES string of the molecule is COC(=O)C[C@H](NS(=O)C(C)(C)C)c1cccc(C2CC2)c1. The van der Waals surface area contributed by atoms with Crippen LogP contribution in [0, 0.1) is 0 Å². The molecule has 1 fully saturated rings. The van der Waals surface area contributed by atoms with Crippen molar-refractivity contribution < 1.29 is 13.7 Å². The summed E-state index contributed by atoms with van der Waals surface area (Å²) in [6.07, 6.45) is 2.63. The van der Waals surface area contributed by atoms with Gasteiger partial charge in [0.05, 0.1) is 35.3 Å². The zero-order valence-corrected chi connectivity index (χ0v) is 14.5. The van der Waals surface area contributed by atoms with Crippen LogP contribution in [0.4, 0.5) is 0 Å². The molecular formula is C17H25NO3S. The molecule has 1 aromatic rings. The molecule has 1 aliphatic rings. The largest absolute Gasteiger partial charge is 0.469 e. The van der Waals surface area contributed by atoms with Gasteiger partial charge in [0, 0.05) is 0 Å². The number of hydrogen-bond acceptors (Lipinski definition) is 3. The van der Waals surface area contributed by atoms with Crippen LogP contribution < -0.4 is 4.72 Å². The minimum Gasteiger partial charge on any atom is -0.469 e. The Morgan fingerprint density at radius 1 is 1.41 bits per heavy atom. The van der Waals surface area contributed by atoms with E-state index in [2.05, 4.69) is 16.9 Å². The van der Waals surface area contributed by atoms with Gasteiger partial charge in [-0.2, -0.15) is 0 Å². The zero-order chi connectivity index (χ0) is 16.3. The lowest BCUT2D eigenvalue weighted by atomic mass is 10.0. The van der Waals surface area contributed by atoms with Gasteiger partial charge in [0.1, 0.15) is 0 Å². The minimum atomic E-state index is -1.25. The fourth-order valence-corrected chi connectivity index (χ4v) is 3.06. The highest BCUT2D eigenvalue weighted by molar-refractivity contribution is 7.84. The number of ether oxygens (including phenoxy) is 1. The van der Waals surface area contributed by atoms with Gasteiger partial charge in [0.2, 0.25) is 0 Å². The summed E-state index contributed by atoms with van der Waals surface area (Å²) in [5.41, 5.74) is 2.29. The molecule has 0 amide bonds. The van der Waals surface area contributed by atoms with E-state index < -0.39 is 11.0 Å². The van der Waals surface area contributed by atoms with Gasteiger partial charge in [-0.15, -0.1) is 0 Å². The monoisotopic (exact) mass is 323 g/mol. The van der Waals surface area contributed by atoms with Crippen molar-refractivity contribution in [3.8, 4) is 0 Å². The summed E-state index contributed by atoms with van der Waals surface area (Å²) in [5, 5.41) is 0. The van der Waals surface area contributed by atoms with Crippen molar-refractivity contribution in [3.05, 3.63) is 35.4 Å². The molecule has 0 spiro atoms. The van der Waals surface area contributed by atoms with Crippen LogP contribution in [0.15, 0.2) is 24.3 Å². The highest BCUT2D eigenvalue weighted by atomic mass is 32.2. The van der Waals surface area contributed by atoms with Crippen LogP contribution in [-0.2, 0) is 20.5 Å². The van der Waals surface area contributed by atoms with Gasteiger partial charge in [0.25, 0.3) is 0 Å². The summed E-state index contributed by atoms with van der Waals surface area (Å²) < 4.78 is 19.9. The van der Waals surface area contributed by atoms with E-state index in [1.807, 2.05) is 32.9 Å². The van der Waals surface area contributed by atoms with Gasteiger partial charge in [0.15, 0.2) is 0 Å². The molecule has 0 aromatic heterocycles. The lowest BCUT2D eigenvalue weighted by molar-refractivity contribution is -0.141. The molecule has 0 saturated heterocycles. The molecule has 1 N–H and O–H groups in total. The Morgan fingerprint density at radius 2 is 2.09 bits per heavy atom. The second-order valence-corrected chi connectivity index (χ2v) is 8.77. The highest BCUT2D eigenvalue weighted by Gasteiger charge is 2.27. The van der Waals surface area contributed by atoms with Crippen LogP contribution in [0.25, 0.3) is 0 Å². The average molecular weight is 323 g/mol. The zero-order valence-electron chi connectivity index (χ0n) is 13.7. The van der Waals surface area contributed by atoms with Gasteiger partial charge in [-0.05, 0) is 50.7 Å². The maximum Gasteiger partial charge on any atom is 0.307 e. The lowest BCUT2D eigenvalue weighted by Crippen LogP contribution is -2.36. The Kier molecular flexibility index (Phi) is 5.40. The Labute approximate surface area is 135 Å². The second-order valence-electron chi connectivity index (χ2n) is 6.78. The molecule has 1 saturated carbocycles. The number of benzene rings is 1. The number of methoxy groups -OCH3 is 1. The quantitative estimate of drug-likeness (QED) is 0.818. The first kappa shape index (κ1) is 17.2. The van der Waals surface area contributed by atoms with E-state index in [0.29, 0.717) is 5.92 Å². The summed E-state index contributed by atoms with van der Waals surface area (Å²) in [4.78, 5) is 11.7. The van der Waals surface area contributed by atoms with Crippen molar-refractivity contribution in [1.82, 2.24) is 4.72 Å². The van der Waals surface area contributed by atoms with E-state index in [9.17, 15) is 9.00 Å². The average Bonchev–Trinajstić information content (AvgIpc) is 3.30. The number of nitrogens with one attached hydrogen (secondary N) is 1. The number of carbonyl (C=O) groups is 1. The van der Waals surface area contributed by atoms with Crippen molar-refractivity contribution in [1.29, 1.82) is 0 Å².